The van der Waals surface area contributed by atoms with Crippen molar-refractivity contribution in [1.82, 2.24) is 4.90 Å². The van der Waals surface area contributed by atoms with Gasteiger partial charge in [0.15, 0.2) is 11.7 Å². The molecule has 1 saturated carbocycles. The first-order valence-electron chi connectivity index (χ1n) is 12.7. The fraction of sp³-hybridized carbons (Fsp3) is 0.448. The van der Waals surface area contributed by atoms with Crippen LogP contribution in [0.4, 0.5) is 0 Å². The smallest absolute Gasteiger partial charge is 0.280 e. The normalized spacial score (nSPS) is 17.6. The van der Waals surface area contributed by atoms with Crippen LogP contribution in [0.3, 0.4) is 0 Å². The van der Waals surface area contributed by atoms with Gasteiger partial charge in [-0.1, -0.05) is 44.5 Å². The Balaban J connectivity index is 1.73. The van der Waals surface area contributed by atoms with Gasteiger partial charge >= 0.3 is 0 Å². The summed E-state index contributed by atoms with van der Waals surface area (Å²) in [6.45, 7) is 7.23. The number of halogens is 1. The van der Waals surface area contributed by atoms with Gasteiger partial charge in [-0.25, -0.2) is 0 Å². The maximum Gasteiger partial charge on any atom is 0.280 e. The van der Waals surface area contributed by atoms with Gasteiger partial charge in [0.25, 0.3) is 5.91 Å². The molecule has 4 N–H and O–H groups in total. The zero-order valence-corrected chi connectivity index (χ0v) is 22.6. The van der Waals surface area contributed by atoms with E-state index < -0.39 is 5.91 Å². The quantitative estimate of drug-likeness (QED) is 0.274. The first kappa shape index (κ1) is 28.4. The Morgan fingerprint density at radius 2 is 1.46 bits per heavy atom. The number of nitrogens with two attached hydrogens (primary N) is 2. The van der Waals surface area contributed by atoms with E-state index in [1.165, 1.54) is 0 Å². The number of Topliss-reactive ketones (excluding diaryl/α,β-unsaturated/α-hetero) is 1. The number of aliphatic imine (C=N–C) groups is 1. The second-order valence-corrected chi connectivity index (χ2v) is 11.3. The summed E-state index contributed by atoms with van der Waals surface area (Å²) in [7, 11) is 0. The Hall–Kier alpha value is -3.19. The number of rotatable bonds is 8. The first-order valence-corrected chi connectivity index (χ1v) is 13.1. The van der Waals surface area contributed by atoms with E-state index in [-0.39, 0.29) is 41.9 Å². The molecule has 0 unspecified atom stereocenters. The molecule has 8 heteroatoms. The van der Waals surface area contributed by atoms with Crippen molar-refractivity contribution in [2.24, 2.45) is 27.8 Å². The van der Waals surface area contributed by atoms with Crippen LogP contribution in [0.15, 0.2) is 53.5 Å². The van der Waals surface area contributed by atoms with E-state index in [1.807, 2.05) is 17.0 Å². The van der Waals surface area contributed by atoms with E-state index in [1.54, 1.807) is 36.4 Å². The molecule has 1 aliphatic rings. The lowest BCUT2D eigenvalue weighted by atomic mass is 9.71. The second kappa shape index (κ2) is 12.4. The van der Waals surface area contributed by atoms with Gasteiger partial charge in [-0.05, 0) is 79.0 Å². The molecule has 1 fully saturated rings. The van der Waals surface area contributed by atoms with Crippen LogP contribution in [0.25, 0.3) is 0 Å². The molecule has 1 aliphatic carbocycles. The van der Waals surface area contributed by atoms with Gasteiger partial charge in [0.2, 0.25) is 5.91 Å². The summed E-state index contributed by atoms with van der Waals surface area (Å²) in [6, 6.07) is 13.8. The minimum atomic E-state index is -0.513. The van der Waals surface area contributed by atoms with Crippen molar-refractivity contribution in [3.05, 3.63) is 70.2 Å². The third-order valence-electron chi connectivity index (χ3n) is 7.20. The Morgan fingerprint density at radius 1 is 0.892 bits per heavy atom. The molecular weight excluding hydrogens is 488 g/mol. The maximum atomic E-state index is 13.5. The highest BCUT2D eigenvalue weighted by Crippen LogP contribution is 2.39. The van der Waals surface area contributed by atoms with Crippen LogP contribution in [-0.2, 0) is 11.3 Å². The second-order valence-electron chi connectivity index (χ2n) is 10.9. The number of ketones is 1. The van der Waals surface area contributed by atoms with Gasteiger partial charge in [-0.3, -0.25) is 14.4 Å². The van der Waals surface area contributed by atoms with Crippen LogP contribution in [-0.4, -0.2) is 34.5 Å². The minimum Gasteiger partial charge on any atom is -0.370 e. The highest BCUT2D eigenvalue weighted by Gasteiger charge is 2.33. The summed E-state index contributed by atoms with van der Waals surface area (Å²) in [5.41, 5.74) is 12.7. The molecule has 37 heavy (non-hydrogen) atoms. The molecule has 0 heterocycles. The van der Waals surface area contributed by atoms with Crippen LogP contribution < -0.4 is 11.5 Å². The fourth-order valence-corrected chi connectivity index (χ4v) is 5.08. The molecule has 198 valence electrons. The molecule has 0 atom stereocenters. The van der Waals surface area contributed by atoms with Crippen molar-refractivity contribution in [3.8, 4) is 0 Å². The van der Waals surface area contributed by atoms with E-state index in [2.05, 4.69) is 25.8 Å². The lowest BCUT2D eigenvalue weighted by molar-refractivity contribution is -0.135. The lowest BCUT2D eigenvalue weighted by Crippen LogP contribution is -2.43. The minimum absolute atomic E-state index is 0.0396. The number of hydrogen-bond donors (Lipinski definition) is 2. The summed E-state index contributed by atoms with van der Waals surface area (Å²) in [4.78, 5) is 43.7. The van der Waals surface area contributed by atoms with Crippen molar-refractivity contribution >= 4 is 35.2 Å². The summed E-state index contributed by atoms with van der Waals surface area (Å²) in [6.07, 6.45) is 4.27. The van der Waals surface area contributed by atoms with Crippen molar-refractivity contribution in [1.29, 1.82) is 0 Å². The van der Waals surface area contributed by atoms with E-state index in [0.29, 0.717) is 28.6 Å². The van der Waals surface area contributed by atoms with Crippen LogP contribution in [0.5, 0.6) is 0 Å². The van der Waals surface area contributed by atoms with Crippen molar-refractivity contribution in [3.63, 3.8) is 0 Å². The van der Waals surface area contributed by atoms with E-state index in [0.717, 1.165) is 31.2 Å². The highest BCUT2D eigenvalue weighted by molar-refractivity contribution is 6.30. The molecule has 0 aromatic heterocycles. The number of carbonyl (C=O) groups excluding carboxylic acids is 3. The predicted molar refractivity (Wildman–Crippen MR) is 147 cm³/mol. The molecule has 0 bridgehead atoms. The predicted octanol–water partition coefficient (Wildman–Crippen LogP) is 5.35. The fourth-order valence-electron chi connectivity index (χ4n) is 4.95. The van der Waals surface area contributed by atoms with Gasteiger partial charge in [-0.15, -0.1) is 0 Å². The first-order chi connectivity index (χ1) is 17.4. The summed E-state index contributed by atoms with van der Waals surface area (Å²) in [5, 5.41) is 0.565. The average molecular weight is 525 g/mol. The molecule has 0 spiro atoms. The number of amides is 2. The van der Waals surface area contributed by atoms with Crippen LogP contribution in [0.1, 0.15) is 85.6 Å². The Kier molecular flexibility index (Phi) is 9.49. The molecular formula is C29H37ClN4O3. The molecule has 2 aromatic carbocycles. The molecule has 0 radical (unpaired) electrons. The van der Waals surface area contributed by atoms with Gasteiger partial charge in [-0.2, -0.15) is 4.99 Å². The van der Waals surface area contributed by atoms with Gasteiger partial charge < -0.3 is 16.4 Å². The van der Waals surface area contributed by atoms with Crippen molar-refractivity contribution < 1.29 is 14.4 Å². The topological polar surface area (TPSA) is 119 Å². The number of benzene rings is 2. The third-order valence-corrected chi connectivity index (χ3v) is 7.45. The Morgan fingerprint density at radius 3 is 2.00 bits per heavy atom. The number of hydrogen-bond acceptors (Lipinski definition) is 3. The van der Waals surface area contributed by atoms with E-state index in [9.17, 15) is 14.4 Å². The maximum absolute atomic E-state index is 13.5. The van der Waals surface area contributed by atoms with Crippen molar-refractivity contribution in [2.75, 3.05) is 0 Å². The molecule has 2 aromatic rings. The van der Waals surface area contributed by atoms with Gasteiger partial charge in [0, 0.05) is 41.6 Å². The summed E-state index contributed by atoms with van der Waals surface area (Å²) < 4.78 is 0. The average Bonchev–Trinajstić information content (AvgIpc) is 2.85. The SMILES string of the molecule is CC(C)(C)C1CCC(N(Cc2ccc(C(=O)N=C(N)N)cc2)C(=O)CCC(=O)c2ccc(Cl)cc2)CC1. The number of guanidine groups is 1. The lowest BCUT2D eigenvalue weighted by Gasteiger charge is -2.41. The van der Waals surface area contributed by atoms with Crippen LogP contribution >= 0.6 is 11.6 Å². The summed E-state index contributed by atoms with van der Waals surface area (Å²) in [5.74, 6) is -0.301. The summed E-state index contributed by atoms with van der Waals surface area (Å²) >= 11 is 5.93. The molecule has 2 amide bonds. The van der Waals surface area contributed by atoms with Gasteiger partial charge in [0.05, 0.1) is 0 Å². The van der Waals surface area contributed by atoms with Crippen molar-refractivity contribution in [2.45, 2.75) is 71.9 Å². The third kappa shape index (κ3) is 8.15. The Labute approximate surface area is 224 Å². The number of nitrogens with zero attached hydrogens (tertiary/aromatic N) is 2. The van der Waals surface area contributed by atoms with E-state index >= 15 is 0 Å². The largest absolute Gasteiger partial charge is 0.370 e. The Bertz CT molecular complexity index is 1130. The number of carbonyl (C=O) groups is 3. The molecule has 0 aliphatic heterocycles. The van der Waals surface area contributed by atoms with Crippen LogP contribution in [0, 0.1) is 11.3 Å². The molecule has 0 saturated heterocycles. The van der Waals surface area contributed by atoms with Crippen LogP contribution in [0.2, 0.25) is 5.02 Å². The molecule has 3 rings (SSSR count). The molecule has 7 nitrogen and oxygen atoms in total. The van der Waals surface area contributed by atoms with Gasteiger partial charge in [0.1, 0.15) is 0 Å². The zero-order valence-electron chi connectivity index (χ0n) is 21.9. The van der Waals surface area contributed by atoms with E-state index in [4.69, 9.17) is 23.1 Å². The monoisotopic (exact) mass is 524 g/mol. The zero-order chi connectivity index (χ0) is 27.2. The highest BCUT2D eigenvalue weighted by atomic mass is 35.5. The standard InChI is InChI=1S/C29H37ClN4O3/c1-29(2,3)22-10-14-24(15-11-22)34(18-19-4-6-21(7-5-19)27(37)33-28(31)32)26(36)17-16-25(35)20-8-12-23(30)13-9-20/h4-9,12-13,22,24H,10-11,14-18H2,1-3H3,(H4,31,32,33,37).